The fourth-order valence-corrected chi connectivity index (χ4v) is 1.53. The normalized spacial score (nSPS) is 12.1. The highest BCUT2D eigenvalue weighted by molar-refractivity contribution is 5.91. The molecule has 0 heterocycles. The SMILES string of the molecule is C=C(c1ccccc1)C(C)(C)C(=O)OC(C)(C)C. The van der Waals surface area contributed by atoms with Crippen LogP contribution in [0.3, 0.4) is 0 Å². The molecule has 2 heteroatoms. The quantitative estimate of drug-likeness (QED) is 0.751. The first-order valence-corrected chi connectivity index (χ1v) is 6.13. The predicted octanol–water partition coefficient (Wildman–Crippen LogP) is 4.07. The van der Waals surface area contributed by atoms with Crippen LogP contribution in [-0.4, -0.2) is 11.6 Å². The molecule has 0 aromatic heterocycles. The lowest BCUT2D eigenvalue weighted by atomic mass is 9.81. The molecule has 0 aliphatic carbocycles. The first kappa shape index (κ1) is 14.5. The topological polar surface area (TPSA) is 26.3 Å². The van der Waals surface area contributed by atoms with Gasteiger partial charge in [-0.3, -0.25) is 4.79 Å². The molecule has 0 aliphatic heterocycles. The van der Waals surface area contributed by atoms with Gasteiger partial charge in [0, 0.05) is 0 Å². The number of hydrogen-bond acceptors (Lipinski definition) is 2. The Morgan fingerprint density at radius 1 is 1.06 bits per heavy atom. The fraction of sp³-hybridized carbons (Fsp3) is 0.438. The summed E-state index contributed by atoms with van der Waals surface area (Å²) >= 11 is 0. The lowest BCUT2D eigenvalue weighted by Crippen LogP contribution is -2.34. The van der Waals surface area contributed by atoms with E-state index in [1.165, 1.54) is 0 Å². The highest BCUT2D eigenvalue weighted by atomic mass is 16.6. The zero-order valence-electron chi connectivity index (χ0n) is 11.9. The number of rotatable bonds is 3. The number of ether oxygens (including phenoxy) is 1. The summed E-state index contributed by atoms with van der Waals surface area (Å²) in [4.78, 5) is 12.2. The van der Waals surface area contributed by atoms with Gasteiger partial charge in [-0.15, -0.1) is 0 Å². The van der Waals surface area contributed by atoms with Crippen molar-refractivity contribution in [2.75, 3.05) is 0 Å². The molecule has 0 unspecified atom stereocenters. The molecule has 0 spiro atoms. The Labute approximate surface area is 110 Å². The van der Waals surface area contributed by atoms with Crippen molar-refractivity contribution in [3.05, 3.63) is 42.5 Å². The van der Waals surface area contributed by atoms with Crippen LogP contribution < -0.4 is 0 Å². The molecule has 0 N–H and O–H groups in total. The van der Waals surface area contributed by atoms with E-state index in [9.17, 15) is 4.79 Å². The van der Waals surface area contributed by atoms with Gasteiger partial charge in [0.2, 0.25) is 0 Å². The molecule has 1 rings (SSSR count). The fourth-order valence-electron chi connectivity index (χ4n) is 1.53. The zero-order chi connectivity index (χ0) is 14.0. The Balaban J connectivity index is 2.93. The van der Waals surface area contributed by atoms with Gasteiger partial charge in [0.1, 0.15) is 5.60 Å². The van der Waals surface area contributed by atoms with Crippen molar-refractivity contribution in [2.45, 2.75) is 40.2 Å². The van der Waals surface area contributed by atoms with Gasteiger partial charge in [-0.05, 0) is 45.8 Å². The van der Waals surface area contributed by atoms with Crippen molar-refractivity contribution in [3.63, 3.8) is 0 Å². The minimum Gasteiger partial charge on any atom is -0.459 e. The lowest BCUT2D eigenvalue weighted by molar-refractivity contribution is -0.162. The largest absolute Gasteiger partial charge is 0.459 e. The van der Waals surface area contributed by atoms with Crippen LogP contribution in [0.25, 0.3) is 5.57 Å². The Kier molecular flexibility index (Phi) is 4.00. The Morgan fingerprint density at radius 2 is 1.56 bits per heavy atom. The predicted molar refractivity (Wildman–Crippen MR) is 75.1 cm³/mol. The Morgan fingerprint density at radius 3 is 2.00 bits per heavy atom. The van der Waals surface area contributed by atoms with Crippen LogP contribution in [0.5, 0.6) is 0 Å². The van der Waals surface area contributed by atoms with Gasteiger partial charge >= 0.3 is 5.97 Å². The molecule has 0 saturated carbocycles. The summed E-state index contributed by atoms with van der Waals surface area (Å²) in [6.07, 6.45) is 0. The van der Waals surface area contributed by atoms with E-state index in [1.54, 1.807) is 0 Å². The second kappa shape index (κ2) is 4.97. The summed E-state index contributed by atoms with van der Waals surface area (Å²) in [6, 6.07) is 9.72. The molecule has 1 aromatic rings. The van der Waals surface area contributed by atoms with Crippen molar-refractivity contribution >= 4 is 11.5 Å². The summed E-state index contributed by atoms with van der Waals surface area (Å²) < 4.78 is 5.45. The third-order valence-corrected chi connectivity index (χ3v) is 2.79. The average Bonchev–Trinajstić information content (AvgIpc) is 2.27. The summed E-state index contributed by atoms with van der Waals surface area (Å²) in [5.41, 5.74) is 0.533. The third-order valence-electron chi connectivity index (χ3n) is 2.79. The molecule has 0 atom stereocenters. The number of carbonyl (C=O) groups excluding carboxylic acids is 1. The van der Waals surface area contributed by atoms with E-state index in [1.807, 2.05) is 65.0 Å². The second-order valence-corrected chi connectivity index (χ2v) is 5.97. The van der Waals surface area contributed by atoms with E-state index in [0.29, 0.717) is 0 Å². The van der Waals surface area contributed by atoms with Crippen LogP contribution in [0.1, 0.15) is 40.2 Å². The molecule has 0 fully saturated rings. The maximum absolute atomic E-state index is 12.2. The summed E-state index contributed by atoms with van der Waals surface area (Å²) in [5, 5.41) is 0. The number of benzene rings is 1. The second-order valence-electron chi connectivity index (χ2n) is 5.97. The van der Waals surface area contributed by atoms with Crippen molar-refractivity contribution in [2.24, 2.45) is 5.41 Å². The Hall–Kier alpha value is -1.57. The van der Waals surface area contributed by atoms with Gasteiger partial charge < -0.3 is 4.74 Å². The van der Waals surface area contributed by atoms with E-state index >= 15 is 0 Å². The van der Waals surface area contributed by atoms with E-state index in [2.05, 4.69) is 6.58 Å². The number of carbonyl (C=O) groups is 1. The van der Waals surface area contributed by atoms with Crippen LogP contribution in [0.15, 0.2) is 36.9 Å². The van der Waals surface area contributed by atoms with E-state index in [4.69, 9.17) is 4.74 Å². The molecular formula is C16H22O2. The number of esters is 1. The molecule has 2 nitrogen and oxygen atoms in total. The maximum Gasteiger partial charge on any atom is 0.316 e. The van der Waals surface area contributed by atoms with Crippen LogP contribution in [-0.2, 0) is 9.53 Å². The van der Waals surface area contributed by atoms with E-state index < -0.39 is 11.0 Å². The van der Waals surface area contributed by atoms with Crippen molar-refractivity contribution in [3.8, 4) is 0 Å². The van der Waals surface area contributed by atoms with Crippen molar-refractivity contribution in [1.29, 1.82) is 0 Å². The molecule has 98 valence electrons. The summed E-state index contributed by atoms with van der Waals surface area (Å²) in [5.74, 6) is -0.246. The minimum atomic E-state index is -0.728. The van der Waals surface area contributed by atoms with E-state index in [0.717, 1.165) is 11.1 Å². The molecule has 1 aromatic carbocycles. The van der Waals surface area contributed by atoms with Crippen LogP contribution in [0.2, 0.25) is 0 Å². The first-order valence-electron chi connectivity index (χ1n) is 6.13. The van der Waals surface area contributed by atoms with Crippen LogP contribution >= 0.6 is 0 Å². The summed E-state index contributed by atoms with van der Waals surface area (Å²) in [6.45, 7) is 13.3. The average molecular weight is 246 g/mol. The van der Waals surface area contributed by atoms with Gasteiger partial charge in [-0.25, -0.2) is 0 Å². The number of hydrogen-bond donors (Lipinski definition) is 0. The van der Waals surface area contributed by atoms with Crippen molar-refractivity contribution < 1.29 is 9.53 Å². The van der Waals surface area contributed by atoms with E-state index in [-0.39, 0.29) is 5.97 Å². The van der Waals surface area contributed by atoms with Crippen LogP contribution in [0, 0.1) is 5.41 Å². The molecular weight excluding hydrogens is 224 g/mol. The molecule has 0 bridgehead atoms. The maximum atomic E-state index is 12.2. The van der Waals surface area contributed by atoms with Crippen molar-refractivity contribution in [1.82, 2.24) is 0 Å². The molecule has 0 amide bonds. The molecule has 18 heavy (non-hydrogen) atoms. The smallest absolute Gasteiger partial charge is 0.316 e. The zero-order valence-corrected chi connectivity index (χ0v) is 11.9. The molecule has 0 aliphatic rings. The molecule has 0 saturated heterocycles. The standard InChI is InChI=1S/C16H22O2/c1-12(13-10-8-7-9-11-13)16(5,6)14(17)18-15(2,3)4/h7-11H,1H2,2-6H3. The van der Waals surface area contributed by atoms with Gasteiger partial charge in [0.25, 0.3) is 0 Å². The van der Waals surface area contributed by atoms with Gasteiger partial charge in [0.05, 0.1) is 5.41 Å². The Bertz CT molecular complexity index is 436. The molecule has 0 radical (unpaired) electrons. The highest BCUT2D eigenvalue weighted by Crippen LogP contribution is 2.35. The first-order chi connectivity index (χ1) is 8.14. The summed E-state index contributed by atoms with van der Waals surface area (Å²) in [7, 11) is 0. The van der Waals surface area contributed by atoms with Gasteiger partial charge in [-0.1, -0.05) is 36.9 Å². The van der Waals surface area contributed by atoms with Crippen LogP contribution in [0.4, 0.5) is 0 Å². The van der Waals surface area contributed by atoms with Gasteiger partial charge in [0.15, 0.2) is 0 Å². The van der Waals surface area contributed by atoms with Gasteiger partial charge in [-0.2, -0.15) is 0 Å². The highest BCUT2D eigenvalue weighted by Gasteiger charge is 2.35. The lowest BCUT2D eigenvalue weighted by Gasteiger charge is -2.30. The minimum absolute atomic E-state index is 0.246. The third kappa shape index (κ3) is 3.46. The monoisotopic (exact) mass is 246 g/mol.